The number of diazo groups is 1. The van der Waals surface area contributed by atoms with E-state index in [9.17, 15) is 0 Å². The van der Waals surface area contributed by atoms with Gasteiger partial charge in [-0.05, 0) is 31.0 Å². The average Bonchev–Trinajstić information content (AvgIpc) is 2.56. The number of rotatable bonds is 6. The Kier molecular flexibility index (Phi) is 6.11. The van der Waals surface area contributed by atoms with Crippen LogP contribution in [0, 0.1) is 5.39 Å². The normalized spacial score (nSPS) is 11.7. The van der Waals surface area contributed by atoms with Crippen LogP contribution in [0.5, 0.6) is 0 Å². The van der Waals surface area contributed by atoms with E-state index < -0.39 is 0 Å². The smallest absolute Gasteiger partial charge is 0.372 e. The molecule has 0 aromatic heterocycles. The molecule has 0 radical (unpaired) electrons. The van der Waals surface area contributed by atoms with Crippen molar-refractivity contribution in [1.82, 2.24) is 0 Å². The molecule has 0 spiro atoms. The van der Waals surface area contributed by atoms with E-state index in [1.165, 1.54) is 5.56 Å². The second-order valence-electron chi connectivity index (χ2n) is 5.03. The summed E-state index contributed by atoms with van der Waals surface area (Å²) in [6.07, 6.45) is 0.935. The monoisotopic (exact) mass is 332 g/mol. The maximum Gasteiger partial charge on any atom is 0.403 e. The van der Waals surface area contributed by atoms with Gasteiger partial charge < -0.3 is 4.90 Å². The molecule has 0 aliphatic rings. The summed E-state index contributed by atoms with van der Waals surface area (Å²) in [6, 6.07) is 15.7. The van der Waals surface area contributed by atoms with Crippen molar-refractivity contribution in [3.05, 3.63) is 64.1 Å². The van der Waals surface area contributed by atoms with Gasteiger partial charge in [-0.3, -0.25) is 0 Å². The first kappa shape index (κ1) is 16.7. The predicted octanol–water partition coefficient (Wildman–Crippen LogP) is 5.71. The molecule has 0 amide bonds. The lowest BCUT2D eigenvalue weighted by Crippen LogP contribution is -2.24. The van der Waals surface area contributed by atoms with Crippen LogP contribution in [0.3, 0.4) is 0 Å². The molecule has 2 aromatic rings. The van der Waals surface area contributed by atoms with Crippen LogP contribution in [0.2, 0.25) is 5.02 Å². The Bertz CT molecular complexity index is 655. The Morgan fingerprint density at radius 1 is 1.23 bits per heavy atom. The van der Waals surface area contributed by atoms with Crippen LogP contribution in [0.15, 0.2) is 48.5 Å². The molecule has 0 aliphatic heterocycles. The third-order valence-electron chi connectivity index (χ3n) is 3.64. The van der Waals surface area contributed by atoms with E-state index in [2.05, 4.69) is 28.9 Å². The maximum atomic E-state index is 8.82. The van der Waals surface area contributed by atoms with Crippen LogP contribution in [-0.2, 0) is 0 Å². The van der Waals surface area contributed by atoms with Crippen molar-refractivity contribution >= 4 is 35.6 Å². The first-order valence-electron chi connectivity index (χ1n) is 7.28. The van der Waals surface area contributed by atoms with E-state index in [4.69, 9.17) is 29.6 Å². The van der Waals surface area contributed by atoms with Crippen molar-refractivity contribution in [2.75, 3.05) is 18.0 Å². The third-order valence-corrected chi connectivity index (χ3v) is 4.50. The zero-order valence-electron chi connectivity index (χ0n) is 12.5. The van der Waals surface area contributed by atoms with Crippen LogP contribution < -0.4 is 4.90 Å². The molecule has 0 fully saturated rings. The lowest BCUT2D eigenvalue weighted by Gasteiger charge is -2.24. The van der Waals surface area contributed by atoms with Crippen LogP contribution in [0.25, 0.3) is 4.98 Å². The Labute approximate surface area is 141 Å². The second kappa shape index (κ2) is 8.07. The van der Waals surface area contributed by atoms with Crippen molar-refractivity contribution in [1.29, 1.82) is 5.39 Å². The molecule has 0 aliphatic carbocycles. The van der Waals surface area contributed by atoms with Crippen molar-refractivity contribution in [2.24, 2.45) is 0 Å². The van der Waals surface area contributed by atoms with Gasteiger partial charge in [0.2, 0.25) is 5.39 Å². The van der Waals surface area contributed by atoms with Gasteiger partial charge in [0.1, 0.15) is 5.02 Å². The largest absolute Gasteiger partial charge is 0.403 e. The molecule has 5 heteroatoms. The molecule has 1 unspecified atom stereocenters. The SMILES string of the molecule is CCN(CCC(S)c1ccccc1)c1ccc([N+]#N)c(Cl)c1. The minimum atomic E-state index is 0.206. The number of thiol groups is 1. The van der Waals surface area contributed by atoms with Crippen LogP contribution in [-0.4, -0.2) is 13.1 Å². The molecular weight excluding hydrogens is 314 g/mol. The van der Waals surface area contributed by atoms with Gasteiger partial charge in [-0.15, -0.1) is 0 Å². The summed E-state index contributed by atoms with van der Waals surface area (Å²) in [5, 5.41) is 9.48. The molecule has 114 valence electrons. The predicted molar refractivity (Wildman–Crippen MR) is 96.9 cm³/mol. The lowest BCUT2D eigenvalue weighted by atomic mass is 10.1. The summed E-state index contributed by atoms with van der Waals surface area (Å²) < 4.78 is 0. The molecular formula is C17H19ClN3S+. The first-order chi connectivity index (χ1) is 10.7. The summed E-state index contributed by atoms with van der Waals surface area (Å²) in [5.41, 5.74) is 2.64. The van der Waals surface area contributed by atoms with Gasteiger partial charge in [-0.2, -0.15) is 12.6 Å². The molecule has 2 aromatic carbocycles. The van der Waals surface area contributed by atoms with E-state index in [-0.39, 0.29) is 5.25 Å². The summed E-state index contributed by atoms with van der Waals surface area (Å²) in [5.74, 6) is 0. The number of benzene rings is 2. The maximum absolute atomic E-state index is 8.82. The molecule has 1 atom stereocenters. The molecule has 0 saturated carbocycles. The number of anilines is 1. The zero-order chi connectivity index (χ0) is 15.9. The fourth-order valence-corrected chi connectivity index (χ4v) is 2.86. The molecule has 3 nitrogen and oxygen atoms in total. The summed E-state index contributed by atoms with van der Waals surface area (Å²) in [7, 11) is 0. The van der Waals surface area contributed by atoms with Gasteiger partial charge in [0.25, 0.3) is 0 Å². The van der Waals surface area contributed by atoms with E-state index in [0.29, 0.717) is 10.7 Å². The zero-order valence-corrected chi connectivity index (χ0v) is 14.1. The molecule has 0 heterocycles. The van der Waals surface area contributed by atoms with E-state index in [1.807, 2.05) is 30.3 Å². The number of nitrogens with zero attached hydrogens (tertiary/aromatic N) is 3. The summed E-state index contributed by atoms with van der Waals surface area (Å²) in [4.78, 5) is 5.38. The highest BCUT2D eigenvalue weighted by molar-refractivity contribution is 7.80. The first-order valence-corrected chi connectivity index (χ1v) is 8.17. The Morgan fingerprint density at radius 2 is 1.95 bits per heavy atom. The Morgan fingerprint density at radius 3 is 2.55 bits per heavy atom. The van der Waals surface area contributed by atoms with E-state index >= 15 is 0 Å². The van der Waals surface area contributed by atoms with Crippen LogP contribution in [0.4, 0.5) is 11.4 Å². The summed E-state index contributed by atoms with van der Waals surface area (Å²) >= 11 is 10.8. The highest BCUT2D eigenvalue weighted by Crippen LogP contribution is 2.30. The quantitative estimate of drug-likeness (QED) is 0.542. The average molecular weight is 333 g/mol. The van der Waals surface area contributed by atoms with Gasteiger partial charge in [-0.25, -0.2) is 0 Å². The highest BCUT2D eigenvalue weighted by Gasteiger charge is 2.15. The molecule has 0 N–H and O–H groups in total. The Hall–Kier alpha value is -1.70. The van der Waals surface area contributed by atoms with Crippen LogP contribution >= 0.6 is 24.2 Å². The van der Waals surface area contributed by atoms with Crippen molar-refractivity contribution in [2.45, 2.75) is 18.6 Å². The third kappa shape index (κ3) is 4.16. The van der Waals surface area contributed by atoms with Crippen molar-refractivity contribution in [3.63, 3.8) is 0 Å². The number of halogens is 1. The molecule has 2 rings (SSSR count). The minimum absolute atomic E-state index is 0.206. The van der Waals surface area contributed by atoms with E-state index in [1.54, 1.807) is 6.07 Å². The second-order valence-corrected chi connectivity index (χ2v) is 6.06. The topological polar surface area (TPSA) is 31.4 Å². The molecule has 0 saturated heterocycles. The number of hydrogen-bond donors (Lipinski definition) is 1. The minimum Gasteiger partial charge on any atom is -0.372 e. The van der Waals surface area contributed by atoms with Gasteiger partial charge >= 0.3 is 5.69 Å². The van der Waals surface area contributed by atoms with Gasteiger partial charge in [0.05, 0.1) is 0 Å². The van der Waals surface area contributed by atoms with Gasteiger partial charge in [0, 0.05) is 30.1 Å². The highest BCUT2D eigenvalue weighted by atomic mass is 35.5. The fraction of sp³-hybridized carbons (Fsp3) is 0.294. The standard InChI is InChI=1S/C17H18ClN3S/c1-2-21(14-8-9-16(20-19)15(18)12-14)11-10-17(22)13-6-4-3-5-7-13/h3-9,12,17H,2,10-11H2,1H3/p+1. The van der Waals surface area contributed by atoms with Gasteiger partial charge in [-0.1, -0.05) is 41.9 Å². The molecule has 22 heavy (non-hydrogen) atoms. The van der Waals surface area contributed by atoms with Gasteiger partial charge in [0.15, 0.2) is 4.98 Å². The summed E-state index contributed by atoms with van der Waals surface area (Å²) in [6.45, 7) is 3.86. The van der Waals surface area contributed by atoms with Crippen molar-refractivity contribution < 1.29 is 0 Å². The Balaban J connectivity index is 2.04. The lowest BCUT2D eigenvalue weighted by molar-refractivity contribution is 0.739. The molecule has 0 bridgehead atoms. The van der Waals surface area contributed by atoms with Crippen LogP contribution in [0.1, 0.15) is 24.2 Å². The fourth-order valence-electron chi connectivity index (χ4n) is 2.36. The van der Waals surface area contributed by atoms with Crippen molar-refractivity contribution in [3.8, 4) is 0 Å². The number of hydrogen-bond acceptors (Lipinski definition) is 3. The van der Waals surface area contributed by atoms with E-state index in [0.717, 1.165) is 25.2 Å².